The summed E-state index contributed by atoms with van der Waals surface area (Å²) in [7, 11) is 1.97. The third kappa shape index (κ3) is 5.50. The molecule has 1 N–H and O–H groups in total. The van der Waals surface area contributed by atoms with Gasteiger partial charge in [0, 0.05) is 19.7 Å². The van der Waals surface area contributed by atoms with Crippen LogP contribution in [0.15, 0.2) is 0 Å². The van der Waals surface area contributed by atoms with Crippen molar-refractivity contribution in [1.29, 1.82) is 0 Å². The second-order valence-corrected chi connectivity index (χ2v) is 4.77. The quantitative estimate of drug-likeness (QED) is 0.683. The summed E-state index contributed by atoms with van der Waals surface area (Å²) in [4.78, 5) is 13.9. The first-order valence-corrected chi connectivity index (χ1v) is 6.78. The minimum absolute atomic E-state index is 0.252. The van der Waals surface area contributed by atoms with E-state index in [-0.39, 0.29) is 5.91 Å². The van der Waals surface area contributed by atoms with Gasteiger partial charge in [0.25, 0.3) is 0 Å². The summed E-state index contributed by atoms with van der Waals surface area (Å²) >= 11 is 0. The highest BCUT2D eigenvalue weighted by Crippen LogP contribution is 2.16. The third-order valence-electron chi connectivity index (χ3n) is 3.17. The lowest BCUT2D eigenvalue weighted by Gasteiger charge is -2.32. The SMILES string of the molecule is CCCOCCC(=O)N1CCCC(CNC)C1. The largest absolute Gasteiger partial charge is 0.381 e. The smallest absolute Gasteiger partial charge is 0.224 e. The van der Waals surface area contributed by atoms with Crippen LogP contribution in [0, 0.1) is 5.92 Å². The summed E-state index contributed by atoms with van der Waals surface area (Å²) in [5.41, 5.74) is 0. The Bertz CT molecular complexity index is 219. The van der Waals surface area contributed by atoms with Crippen LogP contribution in [0.1, 0.15) is 32.6 Å². The minimum atomic E-state index is 0.252. The summed E-state index contributed by atoms with van der Waals surface area (Å²) in [6, 6.07) is 0. The summed E-state index contributed by atoms with van der Waals surface area (Å²) < 4.78 is 5.36. The molecule has 17 heavy (non-hydrogen) atoms. The fourth-order valence-electron chi connectivity index (χ4n) is 2.31. The van der Waals surface area contributed by atoms with Crippen molar-refractivity contribution >= 4 is 5.91 Å². The van der Waals surface area contributed by atoms with Crippen molar-refractivity contribution in [2.75, 3.05) is 39.9 Å². The lowest BCUT2D eigenvalue weighted by Crippen LogP contribution is -2.42. The number of rotatable bonds is 7. The predicted molar refractivity (Wildman–Crippen MR) is 69.0 cm³/mol. The van der Waals surface area contributed by atoms with Crippen molar-refractivity contribution in [3.63, 3.8) is 0 Å². The van der Waals surface area contributed by atoms with Crippen LogP contribution in [0.2, 0.25) is 0 Å². The topological polar surface area (TPSA) is 41.6 Å². The van der Waals surface area contributed by atoms with E-state index in [0.29, 0.717) is 18.9 Å². The summed E-state index contributed by atoms with van der Waals surface area (Å²) in [6.07, 6.45) is 3.92. The highest BCUT2D eigenvalue weighted by Gasteiger charge is 2.22. The molecule has 1 amide bonds. The van der Waals surface area contributed by atoms with Crippen LogP contribution >= 0.6 is 0 Å². The van der Waals surface area contributed by atoms with Crippen LogP contribution < -0.4 is 5.32 Å². The fraction of sp³-hybridized carbons (Fsp3) is 0.923. The molecule has 1 atom stereocenters. The molecule has 0 saturated carbocycles. The molecule has 0 aliphatic carbocycles. The van der Waals surface area contributed by atoms with Gasteiger partial charge in [-0.1, -0.05) is 6.92 Å². The average molecular weight is 242 g/mol. The third-order valence-corrected chi connectivity index (χ3v) is 3.17. The number of nitrogens with zero attached hydrogens (tertiary/aromatic N) is 1. The zero-order valence-electron chi connectivity index (χ0n) is 11.2. The van der Waals surface area contributed by atoms with Crippen LogP contribution in [0.4, 0.5) is 0 Å². The molecule has 1 aliphatic heterocycles. The summed E-state index contributed by atoms with van der Waals surface area (Å²) in [6.45, 7) is 6.25. The van der Waals surface area contributed by atoms with Crippen molar-refractivity contribution < 1.29 is 9.53 Å². The Labute approximate surface area is 105 Å². The first kappa shape index (κ1) is 14.5. The van der Waals surface area contributed by atoms with E-state index < -0.39 is 0 Å². The van der Waals surface area contributed by atoms with E-state index in [1.165, 1.54) is 6.42 Å². The van der Waals surface area contributed by atoms with Crippen LogP contribution in [-0.2, 0) is 9.53 Å². The number of ether oxygens (including phenoxy) is 1. The Morgan fingerprint density at radius 1 is 1.47 bits per heavy atom. The van der Waals surface area contributed by atoms with E-state index in [0.717, 1.165) is 39.1 Å². The van der Waals surface area contributed by atoms with Crippen LogP contribution in [0.5, 0.6) is 0 Å². The number of piperidine rings is 1. The average Bonchev–Trinajstić information content (AvgIpc) is 2.35. The fourth-order valence-corrected chi connectivity index (χ4v) is 2.31. The molecule has 4 nitrogen and oxygen atoms in total. The van der Waals surface area contributed by atoms with E-state index in [1.54, 1.807) is 0 Å². The molecule has 1 fully saturated rings. The summed E-state index contributed by atoms with van der Waals surface area (Å²) in [5.74, 6) is 0.871. The molecule has 4 heteroatoms. The molecule has 0 aromatic rings. The number of amides is 1. The van der Waals surface area contributed by atoms with Gasteiger partial charge in [-0.3, -0.25) is 4.79 Å². The van der Waals surface area contributed by atoms with Crippen molar-refractivity contribution in [3.05, 3.63) is 0 Å². The molecule has 100 valence electrons. The highest BCUT2D eigenvalue weighted by molar-refractivity contribution is 5.76. The Kier molecular flexibility index (Phi) is 7.21. The maximum atomic E-state index is 11.9. The standard InChI is InChI=1S/C13H26N2O2/c1-3-8-17-9-6-13(16)15-7-4-5-12(11-15)10-14-2/h12,14H,3-11H2,1-2H3. The molecular weight excluding hydrogens is 216 g/mol. The number of hydrogen-bond donors (Lipinski definition) is 1. The molecule has 0 bridgehead atoms. The Hall–Kier alpha value is -0.610. The van der Waals surface area contributed by atoms with Crippen molar-refractivity contribution in [2.24, 2.45) is 5.92 Å². The van der Waals surface area contributed by atoms with Gasteiger partial charge in [0.2, 0.25) is 5.91 Å². The molecule has 0 aromatic carbocycles. The van der Waals surface area contributed by atoms with Gasteiger partial charge >= 0.3 is 0 Å². The van der Waals surface area contributed by atoms with E-state index in [1.807, 2.05) is 11.9 Å². The number of likely N-dealkylation sites (tertiary alicyclic amines) is 1. The van der Waals surface area contributed by atoms with Crippen LogP contribution in [-0.4, -0.2) is 50.7 Å². The summed E-state index contributed by atoms with van der Waals surface area (Å²) in [5, 5.41) is 3.19. The molecule has 1 aliphatic rings. The van der Waals surface area contributed by atoms with Gasteiger partial charge in [0.15, 0.2) is 0 Å². The number of carbonyl (C=O) groups excluding carboxylic acids is 1. The van der Waals surface area contributed by atoms with Gasteiger partial charge in [-0.25, -0.2) is 0 Å². The number of carbonyl (C=O) groups is 1. The van der Waals surface area contributed by atoms with Gasteiger partial charge in [0.1, 0.15) is 0 Å². The number of nitrogens with one attached hydrogen (secondary N) is 1. The first-order valence-electron chi connectivity index (χ1n) is 6.78. The second-order valence-electron chi connectivity index (χ2n) is 4.77. The van der Waals surface area contributed by atoms with Gasteiger partial charge in [-0.15, -0.1) is 0 Å². The Morgan fingerprint density at radius 3 is 3.00 bits per heavy atom. The van der Waals surface area contributed by atoms with Crippen LogP contribution in [0.3, 0.4) is 0 Å². The lowest BCUT2D eigenvalue weighted by atomic mass is 9.98. The predicted octanol–water partition coefficient (Wildman–Crippen LogP) is 1.26. The molecule has 1 heterocycles. The monoisotopic (exact) mass is 242 g/mol. The van der Waals surface area contributed by atoms with E-state index in [9.17, 15) is 4.79 Å². The van der Waals surface area contributed by atoms with Gasteiger partial charge < -0.3 is 15.0 Å². The Balaban J connectivity index is 2.21. The molecule has 0 aromatic heterocycles. The zero-order chi connectivity index (χ0) is 12.5. The maximum absolute atomic E-state index is 11.9. The van der Waals surface area contributed by atoms with Crippen molar-refractivity contribution in [2.45, 2.75) is 32.6 Å². The van der Waals surface area contributed by atoms with Crippen molar-refractivity contribution in [3.8, 4) is 0 Å². The van der Waals surface area contributed by atoms with Gasteiger partial charge in [0.05, 0.1) is 13.0 Å². The van der Waals surface area contributed by atoms with Gasteiger partial charge in [-0.05, 0) is 38.8 Å². The molecule has 1 saturated heterocycles. The van der Waals surface area contributed by atoms with Crippen LogP contribution in [0.25, 0.3) is 0 Å². The maximum Gasteiger partial charge on any atom is 0.224 e. The molecular formula is C13H26N2O2. The molecule has 0 spiro atoms. The van der Waals surface area contributed by atoms with E-state index in [2.05, 4.69) is 12.2 Å². The number of hydrogen-bond acceptors (Lipinski definition) is 3. The van der Waals surface area contributed by atoms with E-state index in [4.69, 9.17) is 4.74 Å². The van der Waals surface area contributed by atoms with E-state index >= 15 is 0 Å². The highest BCUT2D eigenvalue weighted by atomic mass is 16.5. The second kappa shape index (κ2) is 8.48. The van der Waals surface area contributed by atoms with Gasteiger partial charge in [-0.2, -0.15) is 0 Å². The zero-order valence-corrected chi connectivity index (χ0v) is 11.2. The molecule has 1 rings (SSSR count). The van der Waals surface area contributed by atoms with Crippen molar-refractivity contribution in [1.82, 2.24) is 10.2 Å². The molecule has 0 radical (unpaired) electrons. The lowest BCUT2D eigenvalue weighted by molar-refractivity contribution is -0.134. The first-order chi connectivity index (χ1) is 8.27. The normalized spacial score (nSPS) is 20.6. The molecule has 1 unspecified atom stereocenters. The Morgan fingerprint density at radius 2 is 2.29 bits per heavy atom. The minimum Gasteiger partial charge on any atom is -0.381 e.